The Hall–Kier alpha value is -1.32. The molecule has 1 aliphatic heterocycles. The highest BCUT2D eigenvalue weighted by Crippen LogP contribution is 2.21. The SMILES string of the molecule is Cc1nccn1CCc1ccc(CN2CCCCC2)cc1Cl. The Kier molecular flexibility index (Phi) is 5.16. The van der Waals surface area contributed by atoms with Gasteiger partial charge in [-0.1, -0.05) is 30.2 Å². The number of halogens is 1. The first-order chi connectivity index (χ1) is 10.7. The van der Waals surface area contributed by atoms with E-state index in [0.29, 0.717) is 0 Å². The molecule has 2 heterocycles. The summed E-state index contributed by atoms with van der Waals surface area (Å²) < 4.78 is 2.16. The average Bonchev–Trinajstić information content (AvgIpc) is 2.93. The van der Waals surface area contributed by atoms with Crippen molar-refractivity contribution in [2.24, 2.45) is 0 Å². The summed E-state index contributed by atoms with van der Waals surface area (Å²) in [5.41, 5.74) is 2.55. The van der Waals surface area contributed by atoms with Crippen LogP contribution in [0.2, 0.25) is 5.02 Å². The van der Waals surface area contributed by atoms with Crippen molar-refractivity contribution in [2.75, 3.05) is 13.1 Å². The molecule has 1 aromatic heterocycles. The van der Waals surface area contributed by atoms with E-state index < -0.39 is 0 Å². The summed E-state index contributed by atoms with van der Waals surface area (Å²) in [5, 5.41) is 0.896. The third-order valence-electron chi connectivity index (χ3n) is 4.52. The van der Waals surface area contributed by atoms with Crippen molar-refractivity contribution in [1.29, 1.82) is 0 Å². The number of aromatic nitrogens is 2. The number of hydrogen-bond acceptors (Lipinski definition) is 2. The number of likely N-dealkylation sites (tertiary alicyclic amines) is 1. The Labute approximate surface area is 137 Å². The van der Waals surface area contributed by atoms with Crippen molar-refractivity contribution in [2.45, 2.75) is 45.7 Å². The molecule has 0 aliphatic carbocycles. The smallest absolute Gasteiger partial charge is 0.105 e. The fraction of sp³-hybridized carbons (Fsp3) is 0.500. The second kappa shape index (κ2) is 7.30. The van der Waals surface area contributed by atoms with Gasteiger partial charge in [0.05, 0.1) is 0 Å². The van der Waals surface area contributed by atoms with Crippen LogP contribution in [0.3, 0.4) is 0 Å². The summed E-state index contributed by atoms with van der Waals surface area (Å²) in [4.78, 5) is 6.79. The van der Waals surface area contributed by atoms with Crippen LogP contribution in [0.4, 0.5) is 0 Å². The van der Waals surface area contributed by atoms with Crippen LogP contribution >= 0.6 is 11.6 Å². The second-order valence-corrected chi connectivity index (χ2v) is 6.59. The zero-order valence-corrected chi connectivity index (χ0v) is 14.0. The zero-order chi connectivity index (χ0) is 15.4. The quantitative estimate of drug-likeness (QED) is 0.828. The predicted molar refractivity (Wildman–Crippen MR) is 91.2 cm³/mol. The van der Waals surface area contributed by atoms with E-state index in [1.165, 1.54) is 43.5 Å². The summed E-state index contributed by atoms with van der Waals surface area (Å²) >= 11 is 6.48. The molecule has 0 atom stereocenters. The van der Waals surface area contributed by atoms with Crippen molar-refractivity contribution in [3.05, 3.63) is 52.6 Å². The van der Waals surface area contributed by atoms with Crippen LogP contribution in [0.25, 0.3) is 0 Å². The number of piperidine rings is 1. The first-order valence-electron chi connectivity index (χ1n) is 8.20. The van der Waals surface area contributed by atoms with Gasteiger partial charge in [-0.05, 0) is 56.5 Å². The first kappa shape index (κ1) is 15.6. The molecule has 0 unspecified atom stereocenters. The third kappa shape index (κ3) is 3.90. The van der Waals surface area contributed by atoms with Gasteiger partial charge in [-0.15, -0.1) is 0 Å². The van der Waals surface area contributed by atoms with Gasteiger partial charge in [-0.2, -0.15) is 0 Å². The topological polar surface area (TPSA) is 21.1 Å². The van der Waals surface area contributed by atoms with Gasteiger partial charge in [0, 0.05) is 30.5 Å². The van der Waals surface area contributed by atoms with E-state index in [4.69, 9.17) is 11.6 Å². The maximum atomic E-state index is 6.48. The van der Waals surface area contributed by atoms with E-state index in [2.05, 4.69) is 32.7 Å². The number of imidazole rings is 1. The molecule has 4 heteroatoms. The van der Waals surface area contributed by atoms with E-state index in [1.54, 1.807) is 0 Å². The fourth-order valence-corrected chi connectivity index (χ4v) is 3.45. The maximum absolute atomic E-state index is 6.48. The molecule has 1 aromatic carbocycles. The Morgan fingerprint density at radius 3 is 2.68 bits per heavy atom. The molecule has 2 aromatic rings. The molecule has 3 nitrogen and oxygen atoms in total. The van der Waals surface area contributed by atoms with Crippen LogP contribution in [0.1, 0.15) is 36.2 Å². The number of aryl methyl sites for hydroxylation is 3. The lowest BCUT2D eigenvalue weighted by Gasteiger charge is -2.26. The highest BCUT2D eigenvalue weighted by molar-refractivity contribution is 6.31. The van der Waals surface area contributed by atoms with E-state index in [0.717, 1.165) is 30.4 Å². The summed E-state index contributed by atoms with van der Waals surface area (Å²) in [7, 11) is 0. The summed E-state index contributed by atoms with van der Waals surface area (Å²) in [6.07, 6.45) is 8.85. The highest BCUT2D eigenvalue weighted by atomic mass is 35.5. The Morgan fingerprint density at radius 2 is 2.00 bits per heavy atom. The molecular formula is C18H24ClN3. The largest absolute Gasteiger partial charge is 0.335 e. The van der Waals surface area contributed by atoms with Crippen LogP contribution in [0.5, 0.6) is 0 Å². The molecule has 1 saturated heterocycles. The van der Waals surface area contributed by atoms with E-state index >= 15 is 0 Å². The van der Waals surface area contributed by atoms with Crippen LogP contribution in [0.15, 0.2) is 30.6 Å². The maximum Gasteiger partial charge on any atom is 0.105 e. The van der Waals surface area contributed by atoms with E-state index in [-0.39, 0.29) is 0 Å². The third-order valence-corrected chi connectivity index (χ3v) is 4.87. The van der Waals surface area contributed by atoms with Gasteiger partial charge in [0.2, 0.25) is 0 Å². The van der Waals surface area contributed by atoms with Crippen LogP contribution < -0.4 is 0 Å². The van der Waals surface area contributed by atoms with Gasteiger partial charge in [0.1, 0.15) is 5.82 Å². The van der Waals surface area contributed by atoms with Gasteiger partial charge in [-0.25, -0.2) is 4.98 Å². The molecule has 118 valence electrons. The van der Waals surface area contributed by atoms with Gasteiger partial charge in [0.25, 0.3) is 0 Å². The molecule has 0 N–H and O–H groups in total. The van der Waals surface area contributed by atoms with Crippen LogP contribution in [-0.4, -0.2) is 27.5 Å². The molecule has 3 rings (SSSR count). The first-order valence-corrected chi connectivity index (χ1v) is 8.57. The lowest BCUT2D eigenvalue weighted by atomic mass is 10.1. The Balaban J connectivity index is 1.60. The standard InChI is InChI=1S/C18H24ClN3/c1-15-20-8-12-22(15)11-7-17-6-5-16(13-18(17)19)14-21-9-3-2-4-10-21/h5-6,8,12-13H,2-4,7,9-11,14H2,1H3. The number of benzene rings is 1. The van der Waals surface area contributed by atoms with Crippen LogP contribution in [0, 0.1) is 6.92 Å². The van der Waals surface area contributed by atoms with E-state index in [1.807, 2.05) is 19.3 Å². The number of nitrogens with zero attached hydrogens (tertiary/aromatic N) is 3. The zero-order valence-electron chi connectivity index (χ0n) is 13.3. The fourth-order valence-electron chi connectivity index (χ4n) is 3.15. The predicted octanol–water partition coefficient (Wildman–Crippen LogP) is 4.07. The van der Waals surface area contributed by atoms with Gasteiger partial charge < -0.3 is 4.57 Å². The second-order valence-electron chi connectivity index (χ2n) is 6.18. The lowest BCUT2D eigenvalue weighted by molar-refractivity contribution is 0.221. The average molecular weight is 318 g/mol. The molecule has 1 fully saturated rings. The summed E-state index contributed by atoms with van der Waals surface area (Å²) in [6.45, 7) is 6.43. The van der Waals surface area contributed by atoms with Crippen molar-refractivity contribution in [1.82, 2.24) is 14.5 Å². The molecule has 0 radical (unpaired) electrons. The minimum absolute atomic E-state index is 0.896. The monoisotopic (exact) mass is 317 g/mol. The molecule has 0 saturated carbocycles. The molecule has 0 bridgehead atoms. The molecule has 22 heavy (non-hydrogen) atoms. The molecular weight excluding hydrogens is 294 g/mol. The summed E-state index contributed by atoms with van der Waals surface area (Å²) in [6, 6.07) is 6.57. The van der Waals surface area contributed by atoms with Crippen molar-refractivity contribution < 1.29 is 0 Å². The van der Waals surface area contributed by atoms with Crippen molar-refractivity contribution in [3.63, 3.8) is 0 Å². The number of hydrogen-bond donors (Lipinski definition) is 0. The number of rotatable bonds is 5. The minimum atomic E-state index is 0.896. The van der Waals surface area contributed by atoms with Gasteiger partial charge in [-0.3, -0.25) is 4.90 Å². The van der Waals surface area contributed by atoms with Gasteiger partial charge in [0.15, 0.2) is 0 Å². The Bertz CT molecular complexity index is 615. The minimum Gasteiger partial charge on any atom is -0.335 e. The van der Waals surface area contributed by atoms with Crippen molar-refractivity contribution in [3.8, 4) is 0 Å². The van der Waals surface area contributed by atoms with Crippen LogP contribution in [-0.2, 0) is 19.5 Å². The lowest BCUT2D eigenvalue weighted by Crippen LogP contribution is -2.29. The molecule has 1 aliphatic rings. The van der Waals surface area contributed by atoms with Crippen molar-refractivity contribution >= 4 is 11.6 Å². The van der Waals surface area contributed by atoms with Gasteiger partial charge >= 0.3 is 0 Å². The summed E-state index contributed by atoms with van der Waals surface area (Å²) in [5.74, 6) is 1.05. The molecule has 0 amide bonds. The highest BCUT2D eigenvalue weighted by Gasteiger charge is 2.11. The van der Waals surface area contributed by atoms with E-state index in [9.17, 15) is 0 Å². The normalized spacial score (nSPS) is 16.1. The molecule has 0 spiro atoms. The Morgan fingerprint density at radius 1 is 1.18 bits per heavy atom.